The molecule has 3 nitrogen and oxygen atoms in total. The van der Waals surface area contributed by atoms with Crippen molar-refractivity contribution in [1.29, 1.82) is 0 Å². The molecule has 0 spiro atoms. The summed E-state index contributed by atoms with van der Waals surface area (Å²) in [6, 6.07) is 0.322. The molecule has 1 aliphatic rings. The van der Waals surface area contributed by atoms with Crippen molar-refractivity contribution in [2.45, 2.75) is 52.7 Å². The SMILES string of the molecule is [CH2]C(CC(C)(C)C)NC(CC)N1CCOCC1. The van der Waals surface area contributed by atoms with Crippen LogP contribution in [0.1, 0.15) is 40.5 Å². The van der Waals surface area contributed by atoms with Crippen LogP contribution in [-0.2, 0) is 4.74 Å². The number of nitrogens with one attached hydrogen (secondary N) is 1. The number of hydrogen-bond acceptors (Lipinski definition) is 3. The summed E-state index contributed by atoms with van der Waals surface area (Å²) in [6.07, 6.45) is 2.67. The van der Waals surface area contributed by atoms with Crippen LogP contribution in [0.5, 0.6) is 0 Å². The summed E-state index contributed by atoms with van der Waals surface area (Å²) in [5, 5.41) is 3.65. The quantitative estimate of drug-likeness (QED) is 0.799. The summed E-state index contributed by atoms with van der Waals surface area (Å²) in [6.45, 7) is 17.1. The normalized spacial score (nSPS) is 22.4. The van der Waals surface area contributed by atoms with Crippen LogP contribution in [0, 0.1) is 12.3 Å². The molecular weight excluding hydrogens is 212 g/mol. The molecule has 2 atom stereocenters. The lowest BCUT2D eigenvalue weighted by molar-refractivity contribution is 0.00516. The summed E-state index contributed by atoms with van der Waals surface area (Å²) >= 11 is 0. The molecular formula is C14H29N2O. The van der Waals surface area contributed by atoms with Gasteiger partial charge in [0.05, 0.1) is 19.4 Å². The van der Waals surface area contributed by atoms with Gasteiger partial charge in [0.15, 0.2) is 0 Å². The smallest absolute Gasteiger partial charge is 0.0598 e. The maximum Gasteiger partial charge on any atom is 0.0598 e. The molecule has 1 fully saturated rings. The van der Waals surface area contributed by atoms with Crippen LogP contribution < -0.4 is 5.32 Å². The van der Waals surface area contributed by atoms with Crippen LogP contribution in [0.4, 0.5) is 0 Å². The Morgan fingerprint density at radius 3 is 2.35 bits per heavy atom. The van der Waals surface area contributed by atoms with Gasteiger partial charge in [0, 0.05) is 19.1 Å². The van der Waals surface area contributed by atoms with Gasteiger partial charge in [0.2, 0.25) is 0 Å². The molecule has 0 amide bonds. The number of morpholine rings is 1. The molecule has 1 rings (SSSR count). The average molecular weight is 241 g/mol. The lowest BCUT2D eigenvalue weighted by atomic mass is 9.88. The standard InChI is InChI=1S/C14H29N2O/c1-6-13(16-7-9-17-10-8-16)15-12(2)11-14(3,4)5/h12-13,15H,2,6-11H2,1,3-5H3. The fourth-order valence-corrected chi connectivity index (χ4v) is 2.44. The van der Waals surface area contributed by atoms with Gasteiger partial charge in [-0.2, -0.15) is 0 Å². The first-order valence-corrected chi connectivity index (χ1v) is 6.83. The summed E-state index contributed by atoms with van der Waals surface area (Å²) < 4.78 is 5.39. The fraction of sp³-hybridized carbons (Fsp3) is 0.929. The maximum atomic E-state index is 5.39. The van der Waals surface area contributed by atoms with Crippen LogP contribution in [-0.4, -0.2) is 43.4 Å². The number of hydrogen-bond donors (Lipinski definition) is 1. The zero-order valence-electron chi connectivity index (χ0n) is 12.0. The van der Waals surface area contributed by atoms with Gasteiger partial charge < -0.3 is 4.74 Å². The average Bonchev–Trinajstić information content (AvgIpc) is 2.24. The van der Waals surface area contributed by atoms with E-state index < -0.39 is 0 Å². The van der Waals surface area contributed by atoms with Crippen LogP contribution in [0.15, 0.2) is 0 Å². The van der Waals surface area contributed by atoms with Gasteiger partial charge in [-0.05, 0) is 25.2 Å². The van der Waals surface area contributed by atoms with Gasteiger partial charge in [-0.25, -0.2) is 0 Å². The van der Waals surface area contributed by atoms with Crippen LogP contribution in [0.2, 0.25) is 0 Å². The van der Waals surface area contributed by atoms with Crippen LogP contribution in [0.25, 0.3) is 0 Å². The van der Waals surface area contributed by atoms with E-state index in [2.05, 4.69) is 44.8 Å². The Morgan fingerprint density at radius 1 is 1.29 bits per heavy atom. The Labute approximate surface area is 107 Å². The minimum Gasteiger partial charge on any atom is -0.379 e. The largest absolute Gasteiger partial charge is 0.379 e. The molecule has 17 heavy (non-hydrogen) atoms. The van der Waals surface area contributed by atoms with E-state index in [0.717, 1.165) is 39.1 Å². The van der Waals surface area contributed by atoms with Crippen LogP contribution >= 0.6 is 0 Å². The Hall–Kier alpha value is -0.120. The highest BCUT2D eigenvalue weighted by Crippen LogP contribution is 2.21. The molecule has 0 aromatic rings. The lowest BCUT2D eigenvalue weighted by Gasteiger charge is -2.37. The highest BCUT2D eigenvalue weighted by atomic mass is 16.5. The number of ether oxygens (including phenoxy) is 1. The molecule has 1 heterocycles. The van der Waals surface area contributed by atoms with E-state index in [0.29, 0.717) is 17.6 Å². The molecule has 1 saturated heterocycles. The first kappa shape index (κ1) is 14.9. The minimum absolute atomic E-state index is 0.322. The van der Waals surface area contributed by atoms with Crippen molar-refractivity contribution in [3.8, 4) is 0 Å². The molecule has 0 aromatic heterocycles. The third-order valence-electron chi connectivity index (χ3n) is 3.16. The highest BCUT2D eigenvalue weighted by molar-refractivity contribution is 4.81. The van der Waals surface area contributed by atoms with E-state index in [1.807, 2.05) is 0 Å². The molecule has 1 N–H and O–H groups in total. The molecule has 0 aliphatic carbocycles. The molecule has 101 valence electrons. The van der Waals surface area contributed by atoms with Gasteiger partial charge in [-0.3, -0.25) is 10.2 Å². The van der Waals surface area contributed by atoms with E-state index in [1.165, 1.54) is 0 Å². The van der Waals surface area contributed by atoms with E-state index in [9.17, 15) is 0 Å². The van der Waals surface area contributed by atoms with E-state index in [4.69, 9.17) is 4.74 Å². The highest BCUT2D eigenvalue weighted by Gasteiger charge is 2.22. The molecule has 1 radical (unpaired) electrons. The second-order valence-electron chi connectivity index (χ2n) is 6.20. The first-order valence-electron chi connectivity index (χ1n) is 6.83. The molecule has 3 heteroatoms. The Morgan fingerprint density at radius 2 is 1.88 bits per heavy atom. The Bertz CT molecular complexity index is 207. The van der Waals surface area contributed by atoms with Gasteiger partial charge >= 0.3 is 0 Å². The van der Waals surface area contributed by atoms with Crippen molar-refractivity contribution in [2.24, 2.45) is 5.41 Å². The summed E-state index contributed by atoms with van der Waals surface area (Å²) in [5.74, 6) is 0. The first-order chi connectivity index (χ1) is 7.92. The van der Waals surface area contributed by atoms with Crippen molar-refractivity contribution in [3.63, 3.8) is 0 Å². The van der Waals surface area contributed by atoms with Crippen molar-refractivity contribution in [3.05, 3.63) is 6.92 Å². The Balaban J connectivity index is 2.39. The maximum absolute atomic E-state index is 5.39. The lowest BCUT2D eigenvalue weighted by Crippen LogP contribution is -2.53. The third-order valence-corrected chi connectivity index (χ3v) is 3.16. The summed E-state index contributed by atoms with van der Waals surface area (Å²) in [5.41, 5.74) is 0.336. The molecule has 1 aliphatic heterocycles. The topological polar surface area (TPSA) is 24.5 Å². The molecule has 0 bridgehead atoms. The second kappa shape index (κ2) is 6.72. The fourth-order valence-electron chi connectivity index (χ4n) is 2.44. The van der Waals surface area contributed by atoms with Crippen molar-refractivity contribution in [2.75, 3.05) is 26.3 Å². The van der Waals surface area contributed by atoms with Gasteiger partial charge in [0.25, 0.3) is 0 Å². The van der Waals surface area contributed by atoms with E-state index in [1.54, 1.807) is 0 Å². The summed E-state index contributed by atoms with van der Waals surface area (Å²) in [7, 11) is 0. The second-order valence-corrected chi connectivity index (χ2v) is 6.20. The number of nitrogens with zero attached hydrogens (tertiary/aromatic N) is 1. The summed E-state index contributed by atoms with van der Waals surface area (Å²) in [4.78, 5) is 2.48. The van der Waals surface area contributed by atoms with Crippen LogP contribution in [0.3, 0.4) is 0 Å². The predicted molar refractivity (Wildman–Crippen MR) is 72.8 cm³/mol. The third kappa shape index (κ3) is 5.84. The van der Waals surface area contributed by atoms with Gasteiger partial charge in [0.1, 0.15) is 0 Å². The van der Waals surface area contributed by atoms with Crippen molar-refractivity contribution in [1.82, 2.24) is 10.2 Å². The van der Waals surface area contributed by atoms with Gasteiger partial charge in [-0.15, -0.1) is 0 Å². The number of rotatable bonds is 5. The van der Waals surface area contributed by atoms with Crippen molar-refractivity contribution < 1.29 is 4.74 Å². The monoisotopic (exact) mass is 241 g/mol. The molecule has 0 aromatic carbocycles. The molecule has 0 saturated carbocycles. The molecule has 2 unspecified atom stereocenters. The predicted octanol–water partition coefficient (Wildman–Crippen LogP) is 2.28. The van der Waals surface area contributed by atoms with E-state index in [-0.39, 0.29) is 0 Å². The minimum atomic E-state index is 0.322. The van der Waals surface area contributed by atoms with E-state index >= 15 is 0 Å². The van der Waals surface area contributed by atoms with Crippen molar-refractivity contribution >= 4 is 0 Å². The Kier molecular flexibility index (Phi) is 5.90. The zero-order valence-corrected chi connectivity index (χ0v) is 12.0. The van der Waals surface area contributed by atoms with Gasteiger partial charge in [-0.1, -0.05) is 27.7 Å². The zero-order chi connectivity index (χ0) is 12.9.